The van der Waals surface area contributed by atoms with E-state index in [2.05, 4.69) is 5.10 Å². The van der Waals surface area contributed by atoms with Crippen molar-refractivity contribution in [1.82, 2.24) is 9.78 Å². The van der Waals surface area contributed by atoms with Gasteiger partial charge in [-0.15, -0.1) is 0 Å². The molecule has 1 aliphatic carbocycles. The lowest BCUT2D eigenvalue weighted by atomic mass is 9.99. The number of ketones is 1. The first kappa shape index (κ1) is 9.37. The van der Waals surface area contributed by atoms with Gasteiger partial charge in [0.1, 0.15) is 11.4 Å². The van der Waals surface area contributed by atoms with Crippen LogP contribution in [0.2, 0.25) is 0 Å². The first-order valence-corrected chi connectivity index (χ1v) is 4.69. The summed E-state index contributed by atoms with van der Waals surface area (Å²) in [6.45, 7) is 2.95. The highest BCUT2D eigenvalue weighted by Gasteiger charge is 2.40. The van der Waals surface area contributed by atoms with E-state index in [-0.39, 0.29) is 5.78 Å². The van der Waals surface area contributed by atoms with Gasteiger partial charge in [0.2, 0.25) is 0 Å². The van der Waals surface area contributed by atoms with Gasteiger partial charge in [-0.2, -0.15) is 5.10 Å². The van der Waals surface area contributed by atoms with Gasteiger partial charge >= 0.3 is 0 Å². The SMILES string of the molecule is CC(=O)c1nn(C)c2c1C(C)(F)CC2. The molecule has 4 heteroatoms. The molecule has 0 radical (unpaired) electrons. The largest absolute Gasteiger partial charge is 0.293 e. The molecule has 0 saturated heterocycles. The maximum atomic E-state index is 14.0. The molecule has 0 aromatic carbocycles. The van der Waals surface area contributed by atoms with E-state index in [0.717, 1.165) is 5.69 Å². The van der Waals surface area contributed by atoms with Gasteiger partial charge in [0.15, 0.2) is 5.78 Å². The van der Waals surface area contributed by atoms with Crippen molar-refractivity contribution in [3.8, 4) is 0 Å². The summed E-state index contributed by atoms with van der Waals surface area (Å²) in [6, 6.07) is 0. The molecule has 1 atom stereocenters. The van der Waals surface area contributed by atoms with E-state index in [9.17, 15) is 9.18 Å². The molecule has 0 N–H and O–H groups in total. The standard InChI is InChI=1S/C10H13FN2O/c1-6(14)9-8-7(13(3)12-9)4-5-10(8,2)11/h4-5H2,1-3H3. The molecule has 0 bridgehead atoms. The van der Waals surface area contributed by atoms with Crippen molar-refractivity contribution >= 4 is 5.78 Å². The highest BCUT2D eigenvalue weighted by atomic mass is 19.1. The van der Waals surface area contributed by atoms with Crippen LogP contribution in [0.25, 0.3) is 0 Å². The number of hydrogen-bond donors (Lipinski definition) is 0. The number of rotatable bonds is 1. The molecular formula is C10H13FN2O. The summed E-state index contributed by atoms with van der Waals surface area (Å²) in [7, 11) is 1.76. The molecule has 14 heavy (non-hydrogen) atoms. The van der Waals surface area contributed by atoms with Crippen LogP contribution in [0, 0.1) is 0 Å². The Kier molecular flexibility index (Phi) is 1.77. The molecule has 1 aromatic rings. The maximum absolute atomic E-state index is 14.0. The third kappa shape index (κ3) is 1.10. The number of carbonyl (C=O) groups is 1. The number of aromatic nitrogens is 2. The fourth-order valence-corrected chi connectivity index (χ4v) is 2.12. The smallest absolute Gasteiger partial charge is 0.180 e. The highest BCUT2D eigenvalue weighted by molar-refractivity contribution is 5.94. The summed E-state index contributed by atoms with van der Waals surface area (Å²) in [5.74, 6) is -0.160. The van der Waals surface area contributed by atoms with Crippen LogP contribution < -0.4 is 0 Å². The van der Waals surface area contributed by atoms with Crippen LogP contribution in [0.5, 0.6) is 0 Å². The molecule has 76 valence electrons. The number of aryl methyl sites for hydroxylation is 1. The van der Waals surface area contributed by atoms with Gasteiger partial charge in [0.05, 0.1) is 0 Å². The summed E-state index contributed by atoms with van der Waals surface area (Å²) in [6.07, 6.45) is 1.12. The van der Waals surface area contributed by atoms with Gasteiger partial charge in [-0.1, -0.05) is 0 Å². The first-order valence-electron chi connectivity index (χ1n) is 4.69. The Morgan fingerprint density at radius 1 is 1.64 bits per heavy atom. The van der Waals surface area contributed by atoms with Gasteiger partial charge < -0.3 is 0 Å². The lowest BCUT2D eigenvalue weighted by Crippen LogP contribution is -2.13. The third-order valence-electron chi connectivity index (χ3n) is 2.85. The number of carbonyl (C=O) groups excluding carboxylic acids is 1. The number of Topliss-reactive ketones (excluding diaryl/α,β-unsaturated/α-hetero) is 1. The van der Waals surface area contributed by atoms with E-state index in [1.54, 1.807) is 11.7 Å². The average Bonchev–Trinajstić information content (AvgIpc) is 2.53. The van der Waals surface area contributed by atoms with Crippen LogP contribution in [-0.4, -0.2) is 15.6 Å². The van der Waals surface area contributed by atoms with E-state index < -0.39 is 5.67 Å². The summed E-state index contributed by atoms with van der Waals surface area (Å²) in [4.78, 5) is 11.3. The van der Waals surface area contributed by atoms with Crippen molar-refractivity contribution in [2.45, 2.75) is 32.4 Å². The van der Waals surface area contributed by atoms with E-state index >= 15 is 0 Å². The summed E-state index contributed by atoms with van der Waals surface area (Å²) >= 11 is 0. The van der Waals surface area contributed by atoms with Crippen molar-refractivity contribution in [3.63, 3.8) is 0 Å². The molecule has 1 aromatic heterocycles. The molecular weight excluding hydrogens is 183 g/mol. The van der Waals surface area contributed by atoms with Crippen molar-refractivity contribution in [2.24, 2.45) is 7.05 Å². The Morgan fingerprint density at radius 2 is 2.29 bits per heavy atom. The number of halogens is 1. The van der Waals surface area contributed by atoms with Gasteiger partial charge in [0, 0.05) is 25.2 Å². The van der Waals surface area contributed by atoms with E-state index in [4.69, 9.17) is 0 Å². The van der Waals surface area contributed by atoms with E-state index in [1.807, 2.05) is 0 Å². The van der Waals surface area contributed by atoms with Crippen LogP contribution in [0.15, 0.2) is 0 Å². The Labute approximate surface area is 81.9 Å². The lowest BCUT2D eigenvalue weighted by molar-refractivity contribution is 0.0999. The van der Waals surface area contributed by atoms with Gasteiger partial charge in [-0.25, -0.2) is 4.39 Å². The van der Waals surface area contributed by atoms with Crippen LogP contribution in [0.1, 0.15) is 42.0 Å². The predicted octanol–water partition coefficient (Wildman–Crippen LogP) is 1.75. The first-order chi connectivity index (χ1) is 6.43. The second-order valence-electron chi connectivity index (χ2n) is 4.05. The average molecular weight is 196 g/mol. The Morgan fingerprint density at radius 3 is 2.86 bits per heavy atom. The molecule has 0 amide bonds. The molecule has 0 aliphatic heterocycles. The van der Waals surface area contributed by atoms with Crippen molar-refractivity contribution in [1.29, 1.82) is 0 Å². The highest BCUT2D eigenvalue weighted by Crippen LogP contribution is 2.41. The number of nitrogens with zero attached hydrogens (tertiary/aromatic N) is 2. The Balaban J connectivity index is 2.67. The molecule has 1 heterocycles. The van der Waals surface area contributed by atoms with Crippen LogP contribution in [0.4, 0.5) is 4.39 Å². The molecule has 0 spiro atoms. The summed E-state index contributed by atoms with van der Waals surface area (Å²) < 4.78 is 15.7. The second kappa shape index (κ2) is 2.65. The zero-order chi connectivity index (χ0) is 10.5. The monoisotopic (exact) mass is 196 g/mol. The van der Waals surface area contributed by atoms with Crippen molar-refractivity contribution < 1.29 is 9.18 Å². The minimum absolute atomic E-state index is 0.160. The zero-order valence-corrected chi connectivity index (χ0v) is 8.59. The molecule has 1 unspecified atom stereocenters. The summed E-state index contributed by atoms with van der Waals surface area (Å²) in [5.41, 5.74) is 0.280. The van der Waals surface area contributed by atoms with Crippen LogP contribution in [-0.2, 0) is 19.1 Å². The Bertz CT molecular complexity index is 406. The lowest BCUT2D eigenvalue weighted by Gasteiger charge is -2.12. The molecule has 2 rings (SSSR count). The molecule has 0 fully saturated rings. The number of fused-ring (bicyclic) bond motifs is 1. The number of alkyl halides is 1. The van der Waals surface area contributed by atoms with Gasteiger partial charge in [-0.05, 0) is 19.8 Å². The fraction of sp³-hybridized carbons (Fsp3) is 0.600. The molecule has 0 saturated carbocycles. The fourth-order valence-electron chi connectivity index (χ4n) is 2.12. The van der Waals surface area contributed by atoms with Crippen molar-refractivity contribution in [3.05, 3.63) is 17.0 Å². The minimum Gasteiger partial charge on any atom is -0.293 e. The Hall–Kier alpha value is -1.19. The quantitative estimate of drug-likeness (QED) is 0.641. The van der Waals surface area contributed by atoms with Crippen LogP contribution in [0.3, 0.4) is 0 Å². The predicted molar refractivity (Wildman–Crippen MR) is 50.0 cm³/mol. The minimum atomic E-state index is -1.38. The topological polar surface area (TPSA) is 34.9 Å². The van der Waals surface area contributed by atoms with E-state index in [0.29, 0.717) is 24.1 Å². The van der Waals surface area contributed by atoms with E-state index in [1.165, 1.54) is 13.8 Å². The third-order valence-corrected chi connectivity index (χ3v) is 2.85. The molecule has 3 nitrogen and oxygen atoms in total. The normalized spacial score (nSPS) is 25.1. The maximum Gasteiger partial charge on any atom is 0.180 e. The second-order valence-corrected chi connectivity index (χ2v) is 4.05. The van der Waals surface area contributed by atoms with Gasteiger partial charge in [-0.3, -0.25) is 9.48 Å². The molecule has 1 aliphatic rings. The van der Waals surface area contributed by atoms with Crippen LogP contribution >= 0.6 is 0 Å². The van der Waals surface area contributed by atoms with Gasteiger partial charge in [0.25, 0.3) is 0 Å². The summed E-state index contributed by atoms with van der Waals surface area (Å²) in [5, 5.41) is 4.05. The number of hydrogen-bond acceptors (Lipinski definition) is 2. The zero-order valence-electron chi connectivity index (χ0n) is 8.59. The van der Waals surface area contributed by atoms with Crippen molar-refractivity contribution in [2.75, 3.05) is 0 Å².